The molecule has 0 bridgehead atoms. The highest BCUT2D eigenvalue weighted by Crippen LogP contribution is 2.39. The van der Waals surface area contributed by atoms with E-state index in [0.29, 0.717) is 10.2 Å². The van der Waals surface area contributed by atoms with Crippen LogP contribution in [0.4, 0.5) is 5.69 Å². The summed E-state index contributed by atoms with van der Waals surface area (Å²) in [4.78, 5) is 18.6. The van der Waals surface area contributed by atoms with Gasteiger partial charge in [-0.15, -0.1) is 11.3 Å². The Balaban J connectivity index is 2.94. The van der Waals surface area contributed by atoms with E-state index in [1.54, 1.807) is 0 Å². The molecule has 2 rings (SSSR count). The van der Waals surface area contributed by atoms with Gasteiger partial charge in [0.05, 0.1) is 5.69 Å². The van der Waals surface area contributed by atoms with E-state index in [0.717, 1.165) is 22.6 Å². The first kappa shape index (κ1) is 11.4. The van der Waals surface area contributed by atoms with Crippen LogP contribution in [-0.4, -0.2) is 16.1 Å². The molecule has 6 nitrogen and oxygen atoms in total. The fourth-order valence-corrected chi connectivity index (χ4v) is 2.78. The SMILES string of the molecule is Cc1cc(C)c2c(N=[N+]=[N-])c(C(=O)O)sc2n1. The van der Waals surface area contributed by atoms with Gasteiger partial charge in [-0.3, -0.25) is 0 Å². The largest absolute Gasteiger partial charge is 0.477 e. The number of aromatic carboxylic acids is 1. The molecule has 86 valence electrons. The maximum atomic E-state index is 11.1. The van der Waals surface area contributed by atoms with Gasteiger partial charge in [0.25, 0.3) is 0 Å². The van der Waals surface area contributed by atoms with Crippen LogP contribution in [0.5, 0.6) is 0 Å². The minimum Gasteiger partial charge on any atom is -0.477 e. The second kappa shape index (κ2) is 4.04. The van der Waals surface area contributed by atoms with Gasteiger partial charge in [-0.1, -0.05) is 5.11 Å². The lowest BCUT2D eigenvalue weighted by atomic mass is 10.1. The number of fused-ring (bicyclic) bond motifs is 1. The number of hydrogen-bond donors (Lipinski definition) is 1. The van der Waals surface area contributed by atoms with Crippen molar-refractivity contribution in [3.05, 3.63) is 32.6 Å². The van der Waals surface area contributed by atoms with Gasteiger partial charge in [0.2, 0.25) is 0 Å². The molecule has 2 aromatic heterocycles. The monoisotopic (exact) mass is 248 g/mol. The highest BCUT2D eigenvalue weighted by Gasteiger charge is 2.19. The van der Waals surface area contributed by atoms with Crippen molar-refractivity contribution in [2.24, 2.45) is 5.11 Å². The zero-order chi connectivity index (χ0) is 12.6. The van der Waals surface area contributed by atoms with Crippen LogP contribution in [-0.2, 0) is 0 Å². The summed E-state index contributed by atoms with van der Waals surface area (Å²) in [5.41, 5.74) is 10.3. The molecule has 0 atom stereocenters. The molecule has 0 radical (unpaired) electrons. The van der Waals surface area contributed by atoms with E-state index in [9.17, 15) is 4.79 Å². The molecule has 2 aromatic rings. The number of carboxylic acid groups (broad SMARTS) is 1. The molecule has 0 aliphatic heterocycles. The van der Waals surface area contributed by atoms with Gasteiger partial charge in [-0.25, -0.2) is 9.78 Å². The number of aromatic nitrogens is 1. The van der Waals surface area contributed by atoms with E-state index in [2.05, 4.69) is 15.0 Å². The highest BCUT2D eigenvalue weighted by molar-refractivity contribution is 7.21. The van der Waals surface area contributed by atoms with E-state index >= 15 is 0 Å². The molecule has 1 N–H and O–H groups in total. The molecule has 0 aliphatic carbocycles. The summed E-state index contributed by atoms with van der Waals surface area (Å²) in [6.07, 6.45) is 0. The quantitative estimate of drug-likeness (QED) is 0.499. The summed E-state index contributed by atoms with van der Waals surface area (Å²) in [5.74, 6) is -1.10. The van der Waals surface area contributed by atoms with Crippen LogP contribution < -0.4 is 0 Å². The predicted octanol–water partition coefficient (Wildman–Crippen LogP) is 3.55. The maximum absolute atomic E-state index is 11.1. The van der Waals surface area contributed by atoms with Gasteiger partial charge in [-0.2, -0.15) is 0 Å². The standard InChI is InChI=1S/C10H8N4O2S/c1-4-3-5(2)12-9-6(4)7(13-14-11)8(17-9)10(15)16/h3H,1-2H3,(H,15,16). The van der Waals surface area contributed by atoms with Crippen molar-refractivity contribution in [3.63, 3.8) is 0 Å². The number of azide groups is 1. The lowest BCUT2D eigenvalue weighted by Crippen LogP contribution is -1.91. The van der Waals surface area contributed by atoms with Crippen molar-refractivity contribution in [1.29, 1.82) is 0 Å². The van der Waals surface area contributed by atoms with Crippen molar-refractivity contribution in [2.75, 3.05) is 0 Å². The molecule has 0 aromatic carbocycles. The molecule has 0 aliphatic rings. The van der Waals surface area contributed by atoms with Gasteiger partial charge in [0.15, 0.2) is 0 Å². The van der Waals surface area contributed by atoms with Crippen LogP contribution in [0.1, 0.15) is 20.9 Å². The van der Waals surface area contributed by atoms with Gasteiger partial charge >= 0.3 is 5.97 Å². The summed E-state index contributed by atoms with van der Waals surface area (Å²) in [6.45, 7) is 3.67. The summed E-state index contributed by atoms with van der Waals surface area (Å²) < 4.78 is 0. The number of carboxylic acids is 1. The van der Waals surface area contributed by atoms with Gasteiger partial charge in [0, 0.05) is 16.0 Å². The second-order valence-electron chi connectivity index (χ2n) is 3.54. The van der Waals surface area contributed by atoms with Crippen molar-refractivity contribution < 1.29 is 9.90 Å². The summed E-state index contributed by atoms with van der Waals surface area (Å²) in [7, 11) is 0. The highest BCUT2D eigenvalue weighted by atomic mass is 32.1. The Hall–Kier alpha value is -2.11. The van der Waals surface area contributed by atoms with E-state index in [4.69, 9.17) is 10.6 Å². The molecule has 2 heterocycles. The minimum atomic E-state index is -1.10. The number of nitrogens with zero attached hydrogens (tertiary/aromatic N) is 4. The number of pyridine rings is 1. The second-order valence-corrected chi connectivity index (χ2v) is 4.53. The molecule has 17 heavy (non-hydrogen) atoms. The fourth-order valence-electron chi connectivity index (χ4n) is 1.71. The van der Waals surface area contributed by atoms with Crippen LogP contribution in [0.25, 0.3) is 20.7 Å². The lowest BCUT2D eigenvalue weighted by Gasteiger charge is -1.99. The minimum absolute atomic E-state index is 0.0269. The predicted molar refractivity (Wildman–Crippen MR) is 64.9 cm³/mol. The third-order valence-electron chi connectivity index (χ3n) is 2.30. The third-order valence-corrected chi connectivity index (χ3v) is 3.36. The average Bonchev–Trinajstić information content (AvgIpc) is 2.57. The average molecular weight is 248 g/mol. The smallest absolute Gasteiger partial charge is 0.346 e. The first-order valence-corrected chi connectivity index (χ1v) is 5.55. The van der Waals surface area contributed by atoms with Crippen LogP contribution >= 0.6 is 11.3 Å². The van der Waals surface area contributed by atoms with Crippen molar-refractivity contribution in [1.82, 2.24) is 4.98 Å². The normalized spacial score (nSPS) is 10.2. The molecular formula is C10H8N4O2S. The fraction of sp³-hybridized carbons (Fsp3) is 0.200. The number of carbonyl (C=O) groups is 1. The summed E-state index contributed by atoms with van der Waals surface area (Å²) in [6, 6.07) is 1.83. The van der Waals surface area contributed by atoms with Crippen molar-refractivity contribution in [3.8, 4) is 0 Å². The maximum Gasteiger partial charge on any atom is 0.346 e. The molecular weight excluding hydrogens is 240 g/mol. The van der Waals surface area contributed by atoms with Crippen molar-refractivity contribution >= 4 is 33.2 Å². The molecule has 0 spiro atoms. The summed E-state index contributed by atoms with van der Waals surface area (Å²) in [5, 5.41) is 13.2. The lowest BCUT2D eigenvalue weighted by molar-refractivity contribution is 0.0703. The van der Waals surface area contributed by atoms with Crippen LogP contribution in [0.2, 0.25) is 0 Å². The molecule has 0 saturated heterocycles. The Labute approximate surface area is 100 Å². The summed E-state index contributed by atoms with van der Waals surface area (Å²) >= 11 is 1.02. The Morgan fingerprint density at radius 3 is 2.88 bits per heavy atom. The van der Waals surface area contributed by atoms with Gasteiger partial charge < -0.3 is 5.11 Å². The number of aryl methyl sites for hydroxylation is 2. The van der Waals surface area contributed by atoms with Crippen LogP contribution in [0.15, 0.2) is 11.2 Å². The number of hydrogen-bond acceptors (Lipinski definition) is 4. The Morgan fingerprint density at radius 1 is 1.59 bits per heavy atom. The molecule has 0 saturated carbocycles. The molecule has 0 unspecified atom stereocenters. The van der Waals surface area contributed by atoms with E-state index in [1.807, 2.05) is 19.9 Å². The van der Waals surface area contributed by atoms with Gasteiger partial charge in [0.1, 0.15) is 9.71 Å². The van der Waals surface area contributed by atoms with Crippen LogP contribution in [0, 0.1) is 13.8 Å². The molecule has 7 heteroatoms. The van der Waals surface area contributed by atoms with E-state index in [-0.39, 0.29) is 10.6 Å². The topological polar surface area (TPSA) is 99.0 Å². The van der Waals surface area contributed by atoms with E-state index in [1.165, 1.54) is 0 Å². The zero-order valence-electron chi connectivity index (χ0n) is 9.13. The van der Waals surface area contributed by atoms with Crippen molar-refractivity contribution in [2.45, 2.75) is 13.8 Å². The van der Waals surface area contributed by atoms with E-state index < -0.39 is 5.97 Å². The number of rotatable bonds is 2. The first-order valence-electron chi connectivity index (χ1n) is 4.73. The third kappa shape index (κ3) is 1.82. The first-order chi connectivity index (χ1) is 8.04. The van der Waals surface area contributed by atoms with Gasteiger partial charge in [-0.05, 0) is 31.0 Å². The Bertz CT molecular complexity index is 670. The Morgan fingerprint density at radius 2 is 2.29 bits per heavy atom. The number of thiophene rings is 1. The zero-order valence-corrected chi connectivity index (χ0v) is 9.95. The van der Waals surface area contributed by atoms with Crippen LogP contribution in [0.3, 0.4) is 0 Å². The molecule has 0 amide bonds. The molecule has 0 fully saturated rings. The Kier molecular flexibility index (Phi) is 2.71.